The van der Waals surface area contributed by atoms with Crippen molar-refractivity contribution >= 4 is 0 Å². The molecular weight excluding hydrogens is 258 g/mol. The topological polar surface area (TPSA) is 24.9 Å². The van der Waals surface area contributed by atoms with E-state index in [2.05, 4.69) is 10.3 Å². The van der Waals surface area contributed by atoms with Crippen LogP contribution >= 0.6 is 0 Å². The minimum Gasteiger partial charge on any atom is -0.310 e. The monoisotopic (exact) mass is 276 g/mol. The highest BCUT2D eigenvalue weighted by atomic mass is 19.1. The number of hydrogen-bond donors (Lipinski definition) is 1. The lowest BCUT2D eigenvalue weighted by Gasteiger charge is -2.25. The van der Waals surface area contributed by atoms with Crippen molar-refractivity contribution < 1.29 is 8.78 Å². The average molecular weight is 276 g/mol. The zero-order valence-corrected chi connectivity index (χ0v) is 11.6. The van der Waals surface area contributed by atoms with Crippen LogP contribution in [0.25, 0.3) is 0 Å². The van der Waals surface area contributed by atoms with E-state index >= 15 is 0 Å². The Morgan fingerprint density at radius 2 is 2.00 bits per heavy atom. The molecule has 0 saturated carbocycles. The first-order chi connectivity index (χ1) is 9.63. The molecule has 0 aliphatic rings. The number of nitrogens with zero attached hydrogens (tertiary/aromatic N) is 1. The van der Waals surface area contributed by atoms with Gasteiger partial charge in [-0.15, -0.1) is 0 Å². The molecule has 2 nitrogen and oxygen atoms in total. The second kappa shape index (κ2) is 6.57. The Kier molecular flexibility index (Phi) is 4.79. The fourth-order valence-electron chi connectivity index (χ4n) is 2.35. The Labute approximate surface area is 117 Å². The van der Waals surface area contributed by atoms with Gasteiger partial charge in [-0.1, -0.05) is 19.9 Å². The van der Waals surface area contributed by atoms with Crippen LogP contribution in [0.3, 0.4) is 0 Å². The highest BCUT2D eigenvalue weighted by Crippen LogP contribution is 2.31. The van der Waals surface area contributed by atoms with Crippen molar-refractivity contribution in [2.75, 3.05) is 6.54 Å². The van der Waals surface area contributed by atoms with Gasteiger partial charge in [-0.2, -0.15) is 0 Å². The Morgan fingerprint density at radius 1 is 1.20 bits per heavy atom. The molecule has 0 amide bonds. The van der Waals surface area contributed by atoms with E-state index in [0.717, 1.165) is 11.8 Å². The smallest absolute Gasteiger partial charge is 0.128 e. The van der Waals surface area contributed by atoms with E-state index in [1.165, 1.54) is 12.1 Å². The second-order valence-electron chi connectivity index (χ2n) is 4.74. The lowest BCUT2D eigenvalue weighted by atomic mass is 9.91. The van der Waals surface area contributed by atoms with Crippen LogP contribution < -0.4 is 5.32 Å². The number of pyridine rings is 1. The quantitative estimate of drug-likeness (QED) is 0.898. The van der Waals surface area contributed by atoms with Crippen LogP contribution in [-0.4, -0.2) is 11.5 Å². The fourth-order valence-corrected chi connectivity index (χ4v) is 2.35. The van der Waals surface area contributed by atoms with Crippen LogP contribution in [0.15, 0.2) is 42.6 Å². The Balaban J connectivity index is 2.38. The van der Waals surface area contributed by atoms with Crippen LogP contribution in [0, 0.1) is 11.6 Å². The number of benzene rings is 1. The van der Waals surface area contributed by atoms with Gasteiger partial charge in [-0.3, -0.25) is 4.98 Å². The third kappa shape index (κ3) is 3.20. The molecule has 1 aromatic heterocycles. The van der Waals surface area contributed by atoms with Gasteiger partial charge >= 0.3 is 0 Å². The summed E-state index contributed by atoms with van der Waals surface area (Å²) in [6.45, 7) is 4.56. The first kappa shape index (κ1) is 14.6. The van der Waals surface area contributed by atoms with Gasteiger partial charge in [0.15, 0.2) is 0 Å². The summed E-state index contributed by atoms with van der Waals surface area (Å²) in [5.74, 6) is -0.898. The number of hydrogen-bond acceptors (Lipinski definition) is 2. The molecule has 4 heteroatoms. The van der Waals surface area contributed by atoms with Crippen molar-refractivity contribution in [2.24, 2.45) is 0 Å². The Morgan fingerprint density at radius 3 is 2.65 bits per heavy atom. The lowest BCUT2D eigenvalue weighted by molar-refractivity contribution is 0.446. The summed E-state index contributed by atoms with van der Waals surface area (Å²) in [6.07, 6.45) is 1.71. The molecule has 1 N–H and O–H groups in total. The van der Waals surface area contributed by atoms with Gasteiger partial charge in [0.25, 0.3) is 0 Å². The zero-order valence-electron chi connectivity index (χ0n) is 11.6. The molecule has 0 fully saturated rings. The summed E-state index contributed by atoms with van der Waals surface area (Å²) >= 11 is 0. The zero-order chi connectivity index (χ0) is 14.5. The second-order valence-corrected chi connectivity index (χ2v) is 4.74. The van der Waals surface area contributed by atoms with E-state index < -0.39 is 11.6 Å². The van der Waals surface area contributed by atoms with Crippen molar-refractivity contribution in [3.63, 3.8) is 0 Å². The third-order valence-corrected chi connectivity index (χ3v) is 3.37. The van der Waals surface area contributed by atoms with Crippen molar-refractivity contribution in [3.8, 4) is 0 Å². The van der Waals surface area contributed by atoms with E-state index in [9.17, 15) is 8.78 Å². The Bertz CT molecular complexity index is 558. The fraction of sp³-hybridized carbons (Fsp3) is 0.312. The highest BCUT2D eigenvalue weighted by molar-refractivity contribution is 5.26. The summed E-state index contributed by atoms with van der Waals surface area (Å²) < 4.78 is 27.4. The van der Waals surface area contributed by atoms with Crippen LogP contribution in [0.4, 0.5) is 8.78 Å². The van der Waals surface area contributed by atoms with Crippen molar-refractivity contribution in [1.29, 1.82) is 0 Å². The van der Waals surface area contributed by atoms with Gasteiger partial charge in [0, 0.05) is 29.4 Å². The summed E-state index contributed by atoms with van der Waals surface area (Å²) in [5, 5.41) is 3.22. The predicted octanol–water partition coefficient (Wildman–Crippen LogP) is 3.81. The number of likely N-dealkylation sites (N-methyl/N-ethyl adjacent to an activating group) is 1. The number of nitrogens with one attached hydrogen (secondary N) is 1. The maximum absolute atomic E-state index is 14.0. The van der Waals surface area contributed by atoms with Crippen molar-refractivity contribution in [2.45, 2.75) is 25.8 Å². The minimum absolute atomic E-state index is 0.0625. The van der Waals surface area contributed by atoms with Gasteiger partial charge in [0.2, 0.25) is 0 Å². The molecule has 1 heterocycles. The molecule has 106 valence electrons. The molecule has 20 heavy (non-hydrogen) atoms. The van der Waals surface area contributed by atoms with E-state index in [-0.39, 0.29) is 12.0 Å². The SMILES string of the molecule is CCNC(c1cc(F)ccc1F)C(C)c1ccccn1. The minimum atomic E-state index is -0.433. The molecule has 2 rings (SSSR count). The van der Waals surface area contributed by atoms with Crippen LogP contribution in [-0.2, 0) is 0 Å². The van der Waals surface area contributed by atoms with E-state index in [1.807, 2.05) is 32.0 Å². The number of aromatic nitrogens is 1. The van der Waals surface area contributed by atoms with Gasteiger partial charge in [-0.25, -0.2) is 8.78 Å². The molecule has 0 radical (unpaired) electrons. The van der Waals surface area contributed by atoms with Gasteiger partial charge in [0.05, 0.1) is 0 Å². The third-order valence-electron chi connectivity index (χ3n) is 3.37. The van der Waals surface area contributed by atoms with Crippen molar-refractivity contribution in [1.82, 2.24) is 10.3 Å². The largest absolute Gasteiger partial charge is 0.310 e. The van der Waals surface area contributed by atoms with Gasteiger partial charge in [-0.05, 0) is 36.9 Å². The highest BCUT2D eigenvalue weighted by Gasteiger charge is 2.24. The predicted molar refractivity (Wildman–Crippen MR) is 75.4 cm³/mol. The van der Waals surface area contributed by atoms with Gasteiger partial charge < -0.3 is 5.32 Å². The summed E-state index contributed by atoms with van der Waals surface area (Å²) in [4.78, 5) is 4.30. The number of rotatable bonds is 5. The summed E-state index contributed by atoms with van der Waals surface area (Å²) in [5.41, 5.74) is 1.19. The van der Waals surface area contributed by atoms with E-state index in [4.69, 9.17) is 0 Å². The van der Waals surface area contributed by atoms with Crippen LogP contribution in [0.1, 0.15) is 37.1 Å². The molecule has 0 saturated heterocycles. The molecule has 1 aromatic carbocycles. The van der Waals surface area contributed by atoms with E-state index in [0.29, 0.717) is 12.1 Å². The molecule has 0 bridgehead atoms. The molecule has 2 atom stereocenters. The normalized spacial score (nSPS) is 14.0. The molecular formula is C16H18F2N2. The summed E-state index contributed by atoms with van der Waals surface area (Å²) in [7, 11) is 0. The van der Waals surface area contributed by atoms with Crippen molar-refractivity contribution in [3.05, 3.63) is 65.5 Å². The molecule has 0 aliphatic carbocycles. The molecule has 2 unspecified atom stereocenters. The first-order valence-corrected chi connectivity index (χ1v) is 6.72. The van der Waals surface area contributed by atoms with Crippen LogP contribution in [0.2, 0.25) is 0 Å². The standard InChI is InChI=1S/C16H18F2N2/c1-3-19-16(11(2)15-6-4-5-9-20-15)13-10-12(17)7-8-14(13)18/h4-11,16,19H,3H2,1-2H3. The van der Waals surface area contributed by atoms with E-state index in [1.54, 1.807) is 6.20 Å². The number of halogens is 2. The van der Waals surface area contributed by atoms with Crippen LogP contribution in [0.5, 0.6) is 0 Å². The lowest BCUT2D eigenvalue weighted by Crippen LogP contribution is -2.27. The molecule has 0 aliphatic heterocycles. The maximum Gasteiger partial charge on any atom is 0.128 e. The molecule has 2 aromatic rings. The maximum atomic E-state index is 14.0. The first-order valence-electron chi connectivity index (χ1n) is 6.72. The van der Waals surface area contributed by atoms with Gasteiger partial charge in [0.1, 0.15) is 11.6 Å². The summed E-state index contributed by atoms with van der Waals surface area (Å²) in [6, 6.07) is 8.86. The Hall–Kier alpha value is -1.81. The average Bonchev–Trinajstić information content (AvgIpc) is 2.48. The molecule has 0 spiro atoms.